The molecule has 0 N–H and O–H groups in total. The van der Waals surface area contributed by atoms with Gasteiger partial charge in [-0.3, -0.25) is 0 Å². The summed E-state index contributed by atoms with van der Waals surface area (Å²) in [5, 5.41) is 7.75. The topological polar surface area (TPSA) is 3.24 Å². The maximum Gasteiger partial charge on any atom is 0.0737 e. The van der Waals surface area contributed by atoms with E-state index in [-0.39, 0.29) is 0 Å². The summed E-state index contributed by atoms with van der Waals surface area (Å²) in [5.41, 5.74) is 16.3. The van der Waals surface area contributed by atoms with Crippen molar-refractivity contribution in [3.8, 4) is 22.3 Å². The van der Waals surface area contributed by atoms with Gasteiger partial charge in [0.1, 0.15) is 0 Å². The number of para-hydroxylation sites is 1. The van der Waals surface area contributed by atoms with E-state index in [1.54, 1.807) is 0 Å². The third kappa shape index (κ3) is 3.72. The van der Waals surface area contributed by atoms with E-state index in [0.29, 0.717) is 0 Å². The molecule has 1 nitrogen and oxygen atoms in total. The summed E-state index contributed by atoms with van der Waals surface area (Å²) in [6.45, 7) is 4.43. The highest BCUT2D eigenvalue weighted by Gasteiger charge is 2.54. The van der Waals surface area contributed by atoms with Gasteiger partial charge in [0.2, 0.25) is 0 Å². The fourth-order valence-corrected chi connectivity index (χ4v) is 9.80. The van der Waals surface area contributed by atoms with Crippen molar-refractivity contribution in [1.29, 1.82) is 0 Å². The third-order valence-electron chi connectivity index (χ3n) is 11.8. The molecule has 0 fully saturated rings. The Kier molecular flexibility index (Phi) is 6.08. The summed E-state index contributed by atoms with van der Waals surface area (Å²) < 4.78 is 0. The van der Waals surface area contributed by atoms with E-state index in [0.717, 1.165) is 5.69 Å². The van der Waals surface area contributed by atoms with Gasteiger partial charge in [-0.15, -0.1) is 0 Å². The molecule has 1 heteroatoms. The molecule has 2 aliphatic rings. The third-order valence-corrected chi connectivity index (χ3v) is 11.8. The molecule has 0 amide bonds. The quantitative estimate of drug-likeness (QED) is 0.170. The van der Waals surface area contributed by atoms with Crippen molar-refractivity contribution < 1.29 is 0 Å². The normalized spacial score (nSPS) is 13.3. The van der Waals surface area contributed by atoms with Gasteiger partial charge in [-0.05, 0) is 121 Å². The van der Waals surface area contributed by atoms with Crippen molar-refractivity contribution in [1.82, 2.24) is 0 Å². The molecule has 0 radical (unpaired) electrons. The second kappa shape index (κ2) is 10.8. The van der Waals surface area contributed by atoms with Crippen LogP contribution in [-0.4, -0.2) is 0 Å². The zero-order valence-corrected chi connectivity index (χ0v) is 29.2. The molecule has 1 spiro atoms. The predicted octanol–water partition coefficient (Wildman–Crippen LogP) is 13.6. The molecule has 2 aliphatic carbocycles. The first kappa shape index (κ1) is 29.3. The van der Waals surface area contributed by atoms with Crippen LogP contribution in [0.15, 0.2) is 176 Å². The van der Waals surface area contributed by atoms with Crippen LogP contribution < -0.4 is 4.90 Å². The molecule has 0 heterocycles. The zero-order chi connectivity index (χ0) is 34.6. The van der Waals surface area contributed by atoms with Crippen molar-refractivity contribution in [3.63, 3.8) is 0 Å². The fraction of sp³-hybridized carbons (Fsp3) is 0.0588. The molecule has 0 aromatic heterocycles. The lowest BCUT2D eigenvalue weighted by molar-refractivity contribution is 0.809. The molecule has 9 aromatic carbocycles. The van der Waals surface area contributed by atoms with Crippen LogP contribution in [0.4, 0.5) is 17.1 Å². The summed E-state index contributed by atoms with van der Waals surface area (Å²) in [7, 11) is 0. The molecule has 52 heavy (non-hydrogen) atoms. The Balaban J connectivity index is 1.40. The molecule has 0 bridgehead atoms. The molecule has 0 saturated heterocycles. The highest BCUT2D eigenvalue weighted by atomic mass is 15.1. The van der Waals surface area contributed by atoms with Gasteiger partial charge in [0.05, 0.1) is 11.1 Å². The maximum absolute atomic E-state index is 2.53. The summed E-state index contributed by atoms with van der Waals surface area (Å²) in [6, 6.07) is 65.9. The predicted molar refractivity (Wildman–Crippen MR) is 219 cm³/mol. The maximum atomic E-state index is 2.53. The van der Waals surface area contributed by atoms with E-state index in [4.69, 9.17) is 0 Å². The highest BCUT2D eigenvalue weighted by molar-refractivity contribution is 6.22. The Morgan fingerprint density at radius 3 is 1.58 bits per heavy atom. The first-order valence-electron chi connectivity index (χ1n) is 18.3. The monoisotopic (exact) mass is 661 g/mol. The highest BCUT2D eigenvalue weighted by Crippen LogP contribution is 2.67. The molecule has 0 aliphatic heterocycles. The van der Waals surface area contributed by atoms with Crippen LogP contribution in [-0.2, 0) is 5.41 Å². The van der Waals surface area contributed by atoms with Crippen LogP contribution >= 0.6 is 0 Å². The van der Waals surface area contributed by atoms with E-state index in [1.807, 2.05) is 0 Å². The molecule has 0 unspecified atom stereocenters. The van der Waals surface area contributed by atoms with Crippen molar-refractivity contribution in [2.24, 2.45) is 0 Å². The smallest absolute Gasteiger partial charge is 0.0737 e. The van der Waals surface area contributed by atoms with E-state index in [9.17, 15) is 0 Å². The Morgan fingerprint density at radius 2 is 0.904 bits per heavy atom. The standard InChI is InChI=1S/C51H35N/c1-32-28-29-33(2)46(30-32)52(34-16-4-3-5-17-34)47-31-43-48-40-23-9-6-18-35(40)36-19-7-10-24-41(36)50(48)51(49(43)42-25-11-8-22-39(42)47)44-26-14-12-20-37(44)38-21-13-15-27-45(38)51/h3-31H,1-2H3. The number of hydrogen-bond acceptors (Lipinski definition) is 1. The Labute approximate surface area is 304 Å². The summed E-state index contributed by atoms with van der Waals surface area (Å²) in [4.78, 5) is 2.50. The Bertz CT molecular complexity index is 2890. The zero-order valence-electron chi connectivity index (χ0n) is 29.2. The Morgan fingerprint density at radius 1 is 0.385 bits per heavy atom. The van der Waals surface area contributed by atoms with Gasteiger partial charge in [-0.2, -0.15) is 0 Å². The minimum atomic E-state index is -0.504. The fourth-order valence-electron chi connectivity index (χ4n) is 9.80. The van der Waals surface area contributed by atoms with E-state index >= 15 is 0 Å². The number of anilines is 3. The average molecular weight is 662 g/mol. The number of fused-ring (bicyclic) bond motifs is 17. The van der Waals surface area contributed by atoms with Crippen LogP contribution in [0.5, 0.6) is 0 Å². The molecule has 9 aromatic rings. The van der Waals surface area contributed by atoms with Gasteiger partial charge in [0, 0.05) is 16.8 Å². The largest absolute Gasteiger partial charge is 0.310 e. The van der Waals surface area contributed by atoms with Gasteiger partial charge in [-0.25, -0.2) is 0 Å². The van der Waals surface area contributed by atoms with Gasteiger partial charge >= 0.3 is 0 Å². The van der Waals surface area contributed by atoms with E-state index < -0.39 is 5.41 Å². The second-order valence-electron chi connectivity index (χ2n) is 14.5. The molecular weight excluding hydrogens is 627 g/mol. The van der Waals surface area contributed by atoms with E-state index in [2.05, 4.69) is 195 Å². The number of aryl methyl sites for hydroxylation is 2. The van der Waals surface area contributed by atoms with Crippen LogP contribution in [0.3, 0.4) is 0 Å². The molecular formula is C51H35N. The first-order chi connectivity index (χ1) is 25.7. The molecule has 11 rings (SSSR count). The summed E-state index contributed by atoms with van der Waals surface area (Å²) in [6.07, 6.45) is 0. The number of rotatable bonds is 3. The lowest BCUT2D eigenvalue weighted by Crippen LogP contribution is -2.26. The Hall–Kier alpha value is -6.44. The summed E-state index contributed by atoms with van der Waals surface area (Å²) in [5.74, 6) is 0. The SMILES string of the molecule is Cc1ccc(C)c(N(c2ccccc2)c2cc3c(c4ccccc24)C2(c4ccccc4-c4ccccc42)c2c-3c3ccccc3c3ccccc23)c1. The van der Waals surface area contributed by atoms with Crippen molar-refractivity contribution in [2.75, 3.05) is 4.90 Å². The molecule has 244 valence electrons. The van der Waals surface area contributed by atoms with E-state index in [1.165, 1.54) is 99.3 Å². The van der Waals surface area contributed by atoms with Crippen LogP contribution in [0.25, 0.3) is 54.6 Å². The minimum absolute atomic E-state index is 0.504. The second-order valence-corrected chi connectivity index (χ2v) is 14.5. The minimum Gasteiger partial charge on any atom is -0.310 e. The van der Waals surface area contributed by atoms with Crippen LogP contribution in [0.2, 0.25) is 0 Å². The molecule has 0 atom stereocenters. The van der Waals surface area contributed by atoms with Crippen LogP contribution in [0.1, 0.15) is 33.4 Å². The van der Waals surface area contributed by atoms with Gasteiger partial charge < -0.3 is 4.90 Å². The van der Waals surface area contributed by atoms with Crippen molar-refractivity contribution in [2.45, 2.75) is 19.3 Å². The first-order valence-corrected chi connectivity index (χ1v) is 18.3. The lowest BCUT2D eigenvalue weighted by Gasteiger charge is -2.34. The van der Waals surface area contributed by atoms with Gasteiger partial charge in [-0.1, -0.05) is 152 Å². The van der Waals surface area contributed by atoms with Gasteiger partial charge in [0.15, 0.2) is 0 Å². The molecule has 0 saturated carbocycles. The van der Waals surface area contributed by atoms with Crippen molar-refractivity contribution in [3.05, 3.63) is 209 Å². The van der Waals surface area contributed by atoms with Crippen molar-refractivity contribution >= 4 is 49.4 Å². The number of nitrogens with zero attached hydrogens (tertiary/aromatic N) is 1. The average Bonchev–Trinajstić information content (AvgIpc) is 3.68. The number of hydrogen-bond donors (Lipinski definition) is 0. The number of benzene rings is 9. The van der Waals surface area contributed by atoms with Gasteiger partial charge in [0.25, 0.3) is 0 Å². The summed E-state index contributed by atoms with van der Waals surface area (Å²) >= 11 is 0. The lowest BCUT2D eigenvalue weighted by atomic mass is 9.68. The van der Waals surface area contributed by atoms with Crippen LogP contribution in [0, 0.1) is 13.8 Å².